The molecule has 1 heterocycles. The Labute approximate surface area is 99.8 Å². The summed E-state index contributed by atoms with van der Waals surface area (Å²) in [7, 11) is 0. The molecule has 1 aliphatic rings. The molecule has 1 fully saturated rings. The van der Waals surface area contributed by atoms with E-state index in [4.69, 9.17) is 4.74 Å². The van der Waals surface area contributed by atoms with Crippen LogP contribution in [-0.2, 0) is 4.74 Å². The van der Waals surface area contributed by atoms with Crippen molar-refractivity contribution >= 4 is 12.6 Å². The van der Waals surface area contributed by atoms with E-state index in [-0.39, 0.29) is 0 Å². The Morgan fingerprint density at radius 2 is 2.33 bits per heavy atom. The molecular weight excluding hydrogens is 206 g/mol. The van der Waals surface area contributed by atoms with E-state index in [1.54, 1.807) is 0 Å². The number of piperidine rings is 1. The van der Waals surface area contributed by atoms with Gasteiger partial charge >= 0.3 is 0 Å². The van der Waals surface area contributed by atoms with Crippen LogP contribution in [0.3, 0.4) is 0 Å². The Kier molecular flexibility index (Phi) is 6.69. The van der Waals surface area contributed by atoms with Crippen molar-refractivity contribution in [2.24, 2.45) is 5.92 Å². The number of hydrogen-bond donors (Lipinski definition) is 1. The molecule has 0 spiro atoms. The van der Waals surface area contributed by atoms with E-state index >= 15 is 0 Å². The van der Waals surface area contributed by atoms with Gasteiger partial charge in [0.2, 0.25) is 0 Å². The smallest absolute Gasteiger partial charge is 0.0702 e. The lowest BCUT2D eigenvalue weighted by Crippen LogP contribution is -2.42. The van der Waals surface area contributed by atoms with Gasteiger partial charge in [0.25, 0.3) is 0 Å². The van der Waals surface area contributed by atoms with Crippen molar-refractivity contribution in [3.8, 4) is 0 Å². The third-order valence-electron chi connectivity index (χ3n) is 2.90. The van der Waals surface area contributed by atoms with E-state index in [1.807, 2.05) is 0 Å². The molecule has 0 aromatic carbocycles. The lowest BCUT2D eigenvalue weighted by Gasteiger charge is -2.33. The third-order valence-corrected chi connectivity index (χ3v) is 3.52. The van der Waals surface area contributed by atoms with E-state index in [1.165, 1.54) is 25.9 Å². The second kappa shape index (κ2) is 7.53. The van der Waals surface area contributed by atoms with E-state index in [9.17, 15) is 0 Å². The van der Waals surface area contributed by atoms with Crippen molar-refractivity contribution in [2.45, 2.75) is 39.2 Å². The van der Waals surface area contributed by atoms with Gasteiger partial charge in [0.1, 0.15) is 0 Å². The van der Waals surface area contributed by atoms with Gasteiger partial charge in [0.15, 0.2) is 0 Å². The van der Waals surface area contributed by atoms with Gasteiger partial charge in [-0.1, -0.05) is 13.8 Å². The molecule has 2 unspecified atom stereocenters. The van der Waals surface area contributed by atoms with Gasteiger partial charge < -0.3 is 9.64 Å². The highest BCUT2D eigenvalue weighted by molar-refractivity contribution is 7.80. The Morgan fingerprint density at radius 1 is 1.53 bits per heavy atom. The first-order valence-electron chi connectivity index (χ1n) is 6.21. The summed E-state index contributed by atoms with van der Waals surface area (Å²) >= 11 is 4.34. The Morgan fingerprint density at radius 3 is 3.00 bits per heavy atom. The number of likely N-dealkylation sites (tertiary alicyclic amines) is 1. The summed E-state index contributed by atoms with van der Waals surface area (Å²) in [4.78, 5) is 2.53. The Hall–Kier alpha value is 0.270. The molecular formula is C12H25NOS. The number of thiol groups is 1. The minimum absolute atomic E-state index is 0.478. The summed E-state index contributed by atoms with van der Waals surface area (Å²) in [6.45, 7) is 8.89. The molecule has 0 radical (unpaired) electrons. The van der Waals surface area contributed by atoms with Crippen molar-refractivity contribution < 1.29 is 4.74 Å². The summed E-state index contributed by atoms with van der Waals surface area (Å²) < 4.78 is 5.82. The molecule has 1 rings (SSSR count). The summed E-state index contributed by atoms with van der Waals surface area (Å²) in [5.74, 6) is 1.68. The largest absolute Gasteiger partial charge is 0.377 e. The fourth-order valence-corrected chi connectivity index (χ4v) is 2.21. The standard InChI is InChI=1S/C12H25NOS/c1-3-7-14-12-5-4-6-13(9-12)8-11(2)10-15/h11-12,15H,3-10H2,1-2H3. The minimum atomic E-state index is 0.478. The van der Waals surface area contributed by atoms with E-state index in [0.717, 1.165) is 25.3 Å². The Bertz CT molecular complexity index is 166. The van der Waals surface area contributed by atoms with Gasteiger partial charge in [-0.2, -0.15) is 12.6 Å². The fourth-order valence-electron chi connectivity index (χ4n) is 2.10. The molecule has 1 aliphatic heterocycles. The molecule has 0 aliphatic carbocycles. The lowest BCUT2D eigenvalue weighted by molar-refractivity contribution is -0.00254. The maximum atomic E-state index is 5.82. The van der Waals surface area contributed by atoms with Crippen molar-refractivity contribution in [1.82, 2.24) is 4.90 Å². The molecule has 0 saturated carbocycles. The van der Waals surface area contributed by atoms with Crippen LogP contribution in [0.15, 0.2) is 0 Å². The second-order valence-electron chi connectivity index (χ2n) is 4.68. The number of rotatable bonds is 6. The average Bonchev–Trinajstić information content (AvgIpc) is 2.26. The summed E-state index contributed by atoms with van der Waals surface area (Å²) in [6.07, 6.45) is 4.13. The molecule has 90 valence electrons. The van der Waals surface area contributed by atoms with Crippen LogP contribution in [0.4, 0.5) is 0 Å². The third kappa shape index (κ3) is 5.23. The van der Waals surface area contributed by atoms with Crippen molar-refractivity contribution in [3.05, 3.63) is 0 Å². The molecule has 15 heavy (non-hydrogen) atoms. The van der Waals surface area contributed by atoms with Crippen molar-refractivity contribution in [1.29, 1.82) is 0 Å². The SMILES string of the molecule is CCCOC1CCCN(CC(C)CS)C1. The maximum Gasteiger partial charge on any atom is 0.0702 e. The number of ether oxygens (including phenoxy) is 1. The molecule has 1 saturated heterocycles. The topological polar surface area (TPSA) is 12.5 Å². The van der Waals surface area contributed by atoms with Crippen LogP contribution in [0.2, 0.25) is 0 Å². The zero-order valence-electron chi connectivity index (χ0n) is 10.1. The zero-order valence-corrected chi connectivity index (χ0v) is 11.0. The molecule has 0 aromatic rings. The fraction of sp³-hybridized carbons (Fsp3) is 1.00. The first kappa shape index (κ1) is 13.3. The predicted octanol–water partition coefficient (Wildman–Crippen LogP) is 2.44. The first-order chi connectivity index (χ1) is 7.26. The van der Waals surface area contributed by atoms with Crippen molar-refractivity contribution in [3.63, 3.8) is 0 Å². The normalized spacial score (nSPS) is 25.4. The first-order valence-corrected chi connectivity index (χ1v) is 6.84. The van der Waals surface area contributed by atoms with E-state index < -0.39 is 0 Å². The van der Waals surface area contributed by atoms with Crippen molar-refractivity contribution in [2.75, 3.05) is 32.0 Å². The van der Waals surface area contributed by atoms with Crippen LogP contribution in [-0.4, -0.2) is 43.0 Å². The monoisotopic (exact) mass is 231 g/mol. The van der Waals surface area contributed by atoms with Crippen LogP contribution < -0.4 is 0 Å². The van der Waals surface area contributed by atoms with Crippen LogP contribution in [0.25, 0.3) is 0 Å². The Balaban J connectivity index is 2.22. The van der Waals surface area contributed by atoms with Gasteiger partial charge in [0, 0.05) is 19.7 Å². The van der Waals surface area contributed by atoms with Gasteiger partial charge in [-0.15, -0.1) is 0 Å². The summed E-state index contributed by atoms with van der Waals surface area (Å²) in [5.41, 5.74) is 0. The zero-order chi connectivity index (χ0) is 11.1. The van der Waals surface area contributed by atoms with Crippen LogP contribution in [0.1, 0.15) is 33.1 Å². The van der Waals surface area contributed by atoms with E-state index in [0.29, 0.717) is 12.0 Å². The highest BCUT2D eigenvalue weighted by Crippen LogP contribution is 2.15. The molecule has 0 bridgehead atoms. The van der Waals surface area contributed by atoms with Crippen LogP contribution in [0, 0.1) is 5.92 Å². The summed E-state index contributed by atoms with van der Waals surface area (Å²) in [5, 5.41) is 0. The highest BCUT2D eigenvalue weighted by Gasteiger charge is 2.20. The second-order valence-corrected chi connectivity index (χ2v) is 5.05. The maximum absolute atomic E-state index is 5.82. The van der Waals surface area contributed by atoms with Gasteiger partial charge in [-0.25, -0.2) is 0 Å². The van der Waals surface area contributed by atoms with Crippen LogP contribution >= 0.6 is 12.6 Å². The lowest BCUT2D eigenvalue weighted by atomic mass is 10.1. The van der Waals surface area contributed by atoms with Crippen LogP contribution in [0.5, 0.6) is 0 Å². The quantitative estimate of drug-likeness (QED) is 0.705. The molecule has 0 aromatic heterocycles. The minimum Gasteiger partial charge on any atom is -0.377 e. The number of hydrogen-bond acceptors (Lipinski definition) is 3. The molecule has 3 heteroatoms. The molecule has 0 N–H and O–H groups in total. The van der Waals surface area contributed by atoms with Gasteiger partial charge in [0.05, 0.1) is 6.10 Å². The van der Waals surface area contributed by atoms with Gasteiger partial charge in [-0.05, 0) is 37.5 Å². The molecule has 2 atom stereocenters. The number of nitrogens with zero attached hydrogens (tertiary/aromatic N) is 1. The van der Waals surface area contributed by atoms with Gasteiger partial charge in [-0.3, -0.25) is 0 Å². The highest BCUT2D eigenvalue weighted by atomic mass is 32.1. The molecule has 0 amide bonds. The summed E-state index contributed by atoms with van der Waals surface area (Å²) in [6, 6.07) is 0. The average molecular weight is 231 g/mol. The predicted molar refractivity (Wildman–Crippen MR) is 68.7 cm³/mol. The van der Waals surface area contributed by atoms with E-state index in [2.05, 4.69) is 31.4 Å². The molecule has 2 nitrogen and oxygen atoms in total.